The molecule has 5 nitrogen and oxygen atoms in total. The summed E-state index contributed by atoms with van der Waals surface area (Å²) in [6, 6.07) is 10.5. The summed E-state index contributed by atoms with van der Waals surface area (Å²) in [4.78, 5) is 0. The molecule has 1 atom stereocenters. The van der Waals surface area contributed by atoms with E-state index >= 15 is 0 Å². The van der Waals surface area contributed by atoms with Gasteiger partial charge in [-0.2, -0.15) is 11.3 Å². The Morgan fingerprint density at radius 1 is 1.30 bits per heavy atom. The molecule has 0 aliphatic heterocycles. The van der Waals surface area contributed by atoms with Gasteiger partial charge >= 0.3 is 0 Å². The first-order valence-electron chi connectivity index (χ1n) is 6.35. The Balaban J connectivity index is 1.83. The van der Waals surface area contributed by atoms with Crippen LogP contribution in [0.2, 0.25) is 0 Å². The number of tetrazole rings is 1. The van der Waals surface area contributed by atoms with Gasteiger partial charge in [0.1, 0.15) is 0 Å². The maximum Gasteiger partial charge on any atom is 0.181 e. The van der Waals surface area contributed by atoms with E-state index in [2.05, 4.69) is 56.7 Å². The highest BCUT2D eigenvalue weighted by Gasteiger charge is 2.09. The lowest BCUT2D eigenvalue weighted by Crippen LogP contribution is -2.05. The van der Waals surface area contributed by atoms with Crippen LogP contribution in [-0.4, -0.2) is 20.2 Å². The molecule has 0 amide bonds. The SMILES string of the molecule is CC(Nc1cccc(-c2nnnn2C)c1)c1ccsc1. The lowest BCUT2D eigenvalue weighted by molar-refractivity contribution is 0.714. The van der Waals surface area contributed by atoms with Crippen LogP contribution in [0, 0.1) is 0 Å². The van der Waals surface area contributed by atoms with Gasteiger partial charge in [0.05, 0.1) is 0 Å². The van der Waals surface area contributed by atoms with Crippen molar-refractivity contribution in [3.05, 3.63) is 46.7 Å². The predicted molar refractivity (Wildman–Crippen MR) is 80.6 cm³/mol. The van der Waals surface area contributed by atoms with Crippen molar-refractivity contribution in [1.82, 2.24) is 20.2 Å². The van der Waals surface area contributed by atoms with Crippen LogP contribution < -0.4 is 5.32 Å². The van der Waals surface area contributed by atoms with Gasteiger partial charge in [0.2, 0.25) is 0 Å². The average molecular weight is 285 g/mol. The third kappa shape index (κ3) is 2.55. The summed E-state index contributed by atoms with van der Waals surface area (Å²) in [6.07, 6.45) is 0. The lowest BCUT2D eigenvalue weighted by atomic mass is 10.1. The molecule has 0 saturated carbocycles. The highest BCUT2D eigenvalue weighted by atomic mass is 32.1. The summed E-state index contributed by atoms with van der Waals surface area (Å²) in [6.45, 7) is 2.15. The molecule has 20 heavy (non-hydrogen) atoms. The fourth-order valence-electron chi connectivity index (χ4n) is 2.08. The van der Waals surface area contributed by atoms with Gasteiger partial charge in [-0.05, 0) is 51.9 Å². The van der Waals surface area contributed by atoms with Crippen LogP contribution in [0.25, 0.3) is 11.4 Å². The fourth-order valence-corrected chi connectivity index (χ4v) is 2.83. The number of thiophene rings is 1. The van der Waals surface area contributed by atoms with E-state index in [9.17, 15) is 0 Å². The first kappa shape index (κ1) is 12.8. The van der Waals surface area contributed by atoms with E-state index in [-0.39, 0.29) is 6.04 Å². The van der Waals surface area contributed by atoms with Crippen molar-refractivity contribution in [3.8, 4) is 11.4 Å². The molecule has 3 aromatic rings. The third-order valence-corrected chi connectivity index (χ3v) is 3.87. The third-order valence-electron chi connectivity index (χ3n) is 3.17. The molecule has 0 aliphatic carbocycles. The zero-order valence-corrected chi connectivity index (χ0v) is 12.1. The van der Waals surface area contributed by atoms with Crippen LogP contribution in [0.1, 0.15) is 18.5 Å². The largest absolute Gasteiger partial charge is 0.378 e. The molecule has 0 aliphatic rings. The molecule has 1 aromatic carbocycles. The summed E-state index contributed by atoms with van der Waals surface area (Å²) in [5, 5.41) is 19.3. The molecule has 1 unspecified atom stereocenters. The van der Waals surface area contributed by atoms with E-state index in [0.29, 0.717) is 0 Å². The second-order valence-corrected chi connectivity index (χ2v) is 5.41. The van der Waals surface area contributed by atoms with Crippen LogP contribution in [0.4, 0.5) is 5.69 Å². The Labute approximate surface area is 121 Å². The first-order valence-corrected chi connectivity index (χ1v) is 7.30. The lowest BCUT2D eigenvalue weighted by Gasteiger charge is -2.14. The fraction of sp³-hybridized carbons (Fsp3) is 0.214. The highest BCUT2D eigenvalue weighted by molar-refractivity contribution is 7.07. The molecule has 0 saturated heterocycles. The number of nitrogens with one attached hydrogen (secondary N) is 1. The standard InChI is InChI=1S/C14H15N5S/c1-10(12-6-7-20-9-12)15-13-5-3-4-11(8-13)14-16-17-18-19(14)2/h3-10,15H,1-2H3. The number of aryl methyl sites for hydroxylation is 1. The van der Waals surface area contributed by atoms with Crippen LogP contribution >= 0.6 is 11.3 Å². The molecule has 0 spiro atoms. The van der Waals surface area contributed by atoms with E-state index in [1.54, 1.807) is 16.0 Å². The zero-order valence-electron chi connectivity index (χ0n) is 11.3. The topological polar surface area (TPSA) is 55.6 Å². The molecule has 102 valence electrons. The van der Waals surface area contributed by atoms with Crippen LogP contribution in [-0.2, 0) is 7.05 Å². The summed E-state index contributed by atoms with van der Waals surface area (Å²) >= 11 is 1.71. The zero-order chi connectivity index (χ0) is 13.9. The van der Waals surface area contributed by atoms with Gasteiger partial charge in [-0.3, -0.25) is 0 Å². The number of aromatic nitrogens is 4. The van der Waals surface area contributed by atoms with Gasteiger partial charge in [0.15, 0.2) is 5.82 Å². The number of anilines is 1. The molecule has 6 heteroatoms. The molecule has 0 bridgehead atoms. The van der Waals surface area contributed by atoms with Crippen molar-refractivity contribution in [3.63, 3.8) is 0 Å². The minimum atomic E-state index is 0.272. The average Bonchev–Trinajstić information content (AvgIpc) is 3.10. The number of hydrogen-bond acceptors (Lipinski definition) is 5. The Bertz CT molecular complexity index is 689. The van der Waals surface area contributed by atoms with Crippen molar-refractivity contribution >= 4 is 17.0 Å². The van der Waals surface area contributed by atoms with Crippen LogP contribution in [0.5, 0.6) is 0 Å². The number of benzene rings is 1. The summed E-state index contributed by atoms with van der Waals surface area (Å²) in [7, 11) is 1.84. The summed E-state index contributed by atoms with van der Waals surface area (Å²) in [5.41, 5.74) is 3.35. The monoisotopic (exact) mass is 285 g/mol. The smallest absolute Gasteiger partial charge is 0.181 e. The Kier molecular flexibility index (Phi) is 3.47. The van der Waals surface area contributed by atoms with Crippen molar-refractivity contribution < 1.29 is 0 Å². The van der Waals surface area contributed by atoms with Crippen LogP contribution in [0.3, 0.4) is 0 Å². The predicted octanol–water partition coefficient (Wildman–Crippen LogP) is 3.11. The van der Waals surface area contributed by atoms with Gasteiger partial charge < -0.3 is 5.32 Å². The number of hydrogen-bond donors (Lipinski definition) is 1. The van der Waals surface area contributed by atoms with E-state index < -0.39 is 0 Å². The Morgan fingerprint density at radius 3 is 2.90 bits per heavy atom. The van der Waals surface area contributed by atoms with Crippen molar-refractivity contribution in [2.24, 2.45) is 7.05 Å². The molecular formula is C14H15N5S. The summed E-state index contributed by atoms with van der Waals surface area (Å²) in [5.74, 6) is 0.761. The molecule has 1 N–H and O–H groups in total. The summed E-state index contributed by atoms with van der Waals surface area (Å²) < 4.78 is 1.67. The Morgan fingerprint density at radius 2 is 2.20 bits per heavy atom. The second-order valence-electron chi connectivity index (χ2n) is 4.63. The van der Waals surface area contributed by atoms with Crippen molar-refractivity contribution in [2.75, 3.05) is 5.32 Å². The number of rotatable bonds is 4. The highest BCUT2D eigenvalue weighted by Crippen LogP contribution is 2.24. The number of nitrogens with zero attached hydrogens (tertiary/aromatic N) is 4. The molecule has 2 aromatic heterocycles. The van der Waals surface area contributed by atoms with Crippen LogP contribution in [0.15, 0.2) is 41.1 Å². The molecule has 0 fully saturated rings. The first-order chi connectivity index (χ1) is 9.74. The van der Waals surface area contributed by atoms with E-state index in [1.807, 2.05) is 19.2 Å². The van der Waals surface area contributed by atoms with E-state index in [1.165, 1.54) is 5.56 Å². The normalized spacial score (nSPS) is 12.3. The van der Waals surface area contributed by atoms with Gasteiger partial charge in [-0.1, -0.05) is 12.1 Å². The minimum absolute atomic E-state index is 0.272. The molecule has 2 heterocycles. The molecule has 3 rings (SSSR count). The van der Waals surface area contributed by atoms with Gasteiger partial charge in [-0.25, -0.2) is 4.68 Å². The maximum atomic E-state index is 4.03. The maximum absolute atomic E-state index is 4.03. The van der Waals surface area contributed by atoms with E-state index in [0.717, 1.165) is 17.1 Å². The Hall–Kier alpha value is -2.21. The molecular weight excluding hydrogens is 270 g/mol. The van der Waals surface area contributed by atoms with Gasteiger partial charge in [0.25, 0.3) is 0 Å². The van der Waals surface area contributed by atoms with Crippen molar-refractivity contribution in [1.29, 1.82) is 0 Å². The minimum Gasteiger partial charge on any atom is -0.378 e. The van der Waals surface area contributed by atoms with Crippen molar-refractivity contribution in [2.45, 2.75) is 13.0 Å². The quantitative estimate of drug-likeness (QED) is 0.800. The molecule has 0 radical (unpaired) electrons. The van der Waals surface area contributed by atoms with E-state index in [4.69, 9.17) is 0 Å². The van der Waals surface area contributed by atoms with Gasteiger partial charge in [-0.15, -0.1) is 5.10 Å². The van der Waals surface area contributed by atoms with Gasteiger partial charge in [0, 0.05) is 24.3 Å². The second kappa shape index (κ2) is 5.42.